The normalized spacial score (nSPS) is 21.2. The maximum Gasteiger partial charge on any atom is 0.0683 e. The van der Waals surface area contributed by atoms with Crippen LogP contribution in [0.1, 0.15) is 66.7 Å². The highest BCUT2D eigenvalue weighted by molar-refractivity contribution is 4.91. The first kappa shape index (κ1) is 18.5. The first-order chi connectivity index (χ1) is 9.72. The van der Waals surface area contributed by atoms with Crippen LogP contribution in [0.4, 0.5) is 0 Å². The summed E-state index contributed by atoms with van der Waals surface area (Å²) in [5.74, 6) is 0.800. The van der Waals surface area contributed by atoms with E-state index in [1.807, 2.05) is 13.8 Å². The standard InChI is InChI=1S/C18H35N3/c1-17(2,3)20-13-16-9-8-12-21(14-16)11-7-6-10-18(4,5)15-19/h16,20H,6-14H2,1-5H3. The van der Waals surface area contributed by atoms with E-state index in [0.29, 0.717) is 0 Å². The first-order valence-corrected chi connectivity index (χ1v) is 8.60. The van der Waals surface area contributed by atoms with Crippen molar-refractivity contribution in [3.63, 3.8) is 0 Å². The lowest BCUT2D eigenvalue weighted by atomic mass is 9.89. The van der Waals surface area contributed by atoms with Crippen molar-refractivity contribution in [2.75, 3.05) is 26.2 Å². The molecule has 0 aromatic heterocycles. The molecule has 1 unspecified atom stereocenters. The molecule has 1 atom stereocenters. The molecule has 1 heterocycles. The van der Waals surface area contributed by atoms with Crippen LogP contribution in [0.2, 0.25) is 0 Å². The number of rotatable bonds is 7. The van der Waals surface area contributed by atoms with Crippen molar-refractivity contribution in [3.05, 3.63) is 0 Å². The summed E-state index contributed by atoms with van der Waals surface area (Å²) in [4.78, 5) is 2.62. The van der Waals surface area contributed by atoms with E-state index >= 15 is 0 Å². The molecular formula is C18H35N3. The maximum absolute atomic E-state index is 9.03. The van der Waals surface area contributed by atoms with Gasteiger partial charge in [0, 0.05) is 12.1 Å². The molecule has 0 bridgehead atoms. The Bertz CT molecular complexity index is 335. The average Bonchev–Trinajstić information content (AvgIpc) is 2.41. The molecule has 1 fully saturated rings. The quantitative estimate of drug-likeness (QED) is 0.726. The maximum atomic E-state index is 9.03. The second-order valence-corrected chi connectivity index (χ2v) is 8.39. The van der Waals surface area contributed by atoms with Crippen molar-refractivity contribution >= 4 is 0 Å². The molecule has 122 valence electrons. The molecule has 0 aromatic carbocycles. The van der Waals surface area contributed by atoms with Gasteiger partial charge in [-0.2, -0.15) is 5.26 Å². The number of nitrogens with one attached hydrogen (secondary N) is 1. The van der Waals surface area contributed by atoms with Crippen LogP contribution in [0.15, 0.2) is 0 Å². The number of nitriles is 1. The van der Waals surface area contributed by atoms with Gasteiger partial charge >= 0.3 is 0 Å². The summed E-state index contributed by atoms with van der Waals surface area (Å²) >= 11 is 0. The lowest BCUT2D eigenvalue weighted by Gasteiger charge is -2.34. The molecule has 21 heavy (non-hydrogen) atoms. The highest BCUT2D eigenvalue weighted by atomic mass is 15.1. The summed E-state index contributed by atoms with van der Waals surface area (Å²) in [5.41, 5.74) is 0.0756. The van der Waals surface area contributed by atoms with Crippen molar-refractivity contribution in [1.29, 1.82) is 5.26 Å². The molecule has 0 saturated carbocycles. The Morgan fingerprint density at radius 3 is 2.52 bits per heavy atom. The Labute approximate surface area is 132 Å². The average molecular weight is 293 g/mol. The third-order valence-corrected chi connectivity index (χ3v) is 4.35. The Balaban J connectivity index is 2.20. The smallest absolute Gasteiger partial charge is 0.0683 e. The fourth-order valence-electron chi connectivity index (χ4n) is 2.93. The third kappa shape index (κ3) is 8.44. The zero-order valence-electron chi connectivity index (χ0n) is 14.8. The van der Waals surface area contributed by atoms with Gasteiger partial charge in [0.2, 0.25) is 0 Å². The third-order valence-electron chi connectivity index (χ3n) is 4.35. The number of nitrogens with zero attached hydrogens (tertiary/aromatic N) is 2. The van der Waals surface area contributed by atoms with E-state index in [4.69, 9.17) is 5.26 Å². The summed E-state index contributed by atoms with van der Waals surface area (Å²) in [6.07, 6.45) is 6.11. The van der Waals surface area contributed by atoms with E-state index in [1.54, 1.807) is 0 Å². The van der Waals surface area contributed by atoms with Gasteiger partial charge in [0.15, 0.2) is 0 Å². The second kappa shape index (κ2) is 8.15. The van der Waals surface area contributed by atoms with Gasteiger partial charge in [0.25, 0.3) is 0 Å². The van der Waals surface area contributed by atoms with E-state index in [1.165, 1.54) is 45.3 Å². The fourth-order valence-corrected chi connectivity index (χ4v) is 2.93. The van der Waals surface area contributed by atoms with Gasteiger partial charge in [0.05, 0.1) is 11.5 Å². The Morgan fingerprint density at radius 2 is 1.90 bits per heavy atom. The van der Waals surface area contributed by atoms with Gasteiger partial charge in [-0.3, -0.25) is 0 Å². The largest absolute Gasteiger partial charge is 0.312 e. The number of hydrogen-bond donors (Lipinski definition) is 1. The molecule has 3 heteroatoms. The van der Waals surface area contributed by atoms with Gasteiger partial charge in [0.1, 0.15) is 0 Å². The van der Waals surface area contributed by atoms with Crippen LogP contribution in [0, 0.1) is 22.7 Å². The molecule has 1 aliphatic rings. The SMILES string of the molecule is CC(C)(C#N)CCCCN1CCCC(CNC(C)(C)C)C1. The van der Waals surface area contributed by atoms with Crippen molar-refractivity contribution in [3.8, 4) is 6.07 Å². The lowest BCUT2D eigenvalue weighted by molar-refractivity contribution is 0.162. The topological polar surface area (TPSA) is 39.1 Å². The minimum atomic E-state index is -0.152. The van der Waals surface area contributed by atoms with E-state index in [9.17, 15) is 0 Å². The van der Waals surface area contributed by atoms with Gasteiger partial charge in [-0.1, -0.05) is 6.42 Å². The predicted molar refractivity (Wildman–Crippen MR) is 90.2 cm³/mol. The van der Waals surface area contributed by atoms with Gasteiger partial charge < -0.3 is 10.2 Å². The van der Waals surface area contributed by atoms with Gasteiger partial charge in [-0.15, -0.1) is 0 Å². The van der Waals surface area contributed by atoms with Crippen molar-refractivity contribution < 1.29 is 0 Å². The van der Waals surface area contributed by atoms with Gasteiger partial charge in [-0.05, 0) is 85.9 Å². The summed E-state index contributed by atoms with van der Waals surface area (Å²) in [6.45, 7) is 15.6. The van der Waals surface area contributed by atoms with Crippen molar-refractivity contribution in [1.82, 2.24) is 10.2 Å². The second-order valence-electron chi connectivity index (χ2n) is 8.39. The van der Waals surface area contributed by atoms with Crippen LogP contribution >= 0.6 is 0 Å². The van der Waals surface area contributed by atoms with Crippen LogP contribution in [-0.2, 0) is 0 Å². The number of hydrogen-bond acceptors (Lipinski definition) is 3. The monoisotopic (exact) mass is 293 g/mol. The van der Waals surface area contributed by atoms with Crippen LogP contribution in [-0.4, -0.2) is 36.6 Å². The van der Waals surface area contributed by atoms with E-state index < -0.39 is 0 Å². The Hall–Kier alpha value is -0.590. The molecule has 0 aliphatic carbocycles. The highest BCUT2D eigenvalue weighted by Crippen LogP contribution is 2.22. The zero-order valence-corrected chi connectivity index (χ0v) is 14.8. The molecule has 1 N–H and O–H groups in total. The van der Waals surface area contributed by atoms with Crippen molar-refractivity contribution in [2.24, 2.45) is 11.3 Å². The predicted octanol–water partition coefficient (Wildman–Crippen LogP) is 3.81. The highest BCUT2D eigenvalue weighted by Gasteiger charge is 2.21. The molecule has 0 radical (unpaired) electrons. The molecule has 0 aromatic rings. The zero-order chi connectivity index (χ0) is 15.9. The van der Waals surface area contributed by atoms with Crippen LogP contribution in [0.3, 0.4) is 0 Å². The van der Waals surface area contributed by atoms with E-state index in [0.717, 1.165) is 18.9 Å². The molecule has 1 rings (SSSR count). The fraction of sp³-hybridized carbons (Fsp3) is 0.944. The van der Waals surface area contributed by atoms with Crippen LogP contribution < -0.4 is 5.32 Å². The number of piperidine rings is 1. The first-order valence-electron chi connectivity index (χ1n) is 8.60. The Morgan fingerprint density at radius 1 is 1.19 bits per heavy atom. The van der Waals surface area contributed by atoms with Crippen molar-refractivity contribution in [2.45, 2.75) is 72.3 Å². The number of unbranched alkanes of at least 4 members (excludes halogenated alkanes) is 1. The lowest BCUT2D eigenvalue weighted by Crippen LogP contribution is -2.44. The van der Waals surface area contributed by atoms with Gasteiger partial charge in [-0.25, -0.2) is 0 Å². The van der Waals surface area contributed by atoms with Crippen LogP contribution in [0.25, 0.3) is 0 Å². The number of likely N-dealkylation sites (tertiary alicyclic amines) is 1. The minimum Gasteiger partial charge on any atom is -0.312 e. The minimum absolute atomic E-state index is 0.152. The molecule has 1 aliphatic heterocycles. The van der Waals surface area contributed by atoms with E-state index in [-0.39, 0.29) is 11.0 Å². The van der Waals surface area contributed by atoms with Crippen LogP contribution in [0.5, 0.6) is 0 Å². The Kier molecular flexibility index (Phi) is 7.16. The summed E-state index contributed by atoms with van der Waals surface area (Å²) in [6, 6.07) is 2.40. The molecule has 0 spiro atoms. The summed E-state index contributed by atoms with van der Waals surface area (Å²) in [7, 11) is 0. The molecular weight excluding hydrogens is 258 g/mol. The molecule has 3 nitrogen and oxygen atoms in total. The van der Waals surface area contributed by atoms with E-state index in [2.05, 4.69) is 37.1 Å². The summed E-state index contributed by atoms with van der Waals surface area (Å²) < 4.78 is 0. The summed E-state index contributed by atoms with van der Waals surface area (Å²) in [5, 5.41) is 12.7. The molecule has 0 amide bonds. The molecule has 1 saturated heterocycles.